The summed E-state index contributed by atoms with van der Waals surface area (Å²) in [6, 6.07) is 21.7. The van der Waals surface area contributed by atoms with Gasteiger partial charge in [0.05, 0.1) is 24.4 Å². The number of hydrogen-bond donors (Lipinski definition) is 1. The van der Waals surface area contributed by atoms with E-state index in [9.17, 15) is 4.79 Å². The van der Waals surface area contributed by atoms with Crippen LogP contribution in [-0.2, 0) is 17.8 Å². The molecule has 150 valence electrons. The first kappa shape index (κ1) is 19.3. The van der Waals surface area contributed by atoms with Crippen LogP contribution in [0.4, 0.5) is 0 Å². The zero-order chi connectivity index (χ0) is 21.1. The highest BCUT2D eigenvalue weighted by molar-refractivity contribution is 6.14. The van der Waals surface area contributed by atoms with Crippen molar-refractivity contribution in [3.05, 3.63) is 71.8 Å². The van der Waals surface area contributed by atoms with Crippen molar-refractivity contribution in [1.82, 2.24) is 4.57 Å². The van der Waals surface area contributed by atoms with E-state index in [1.165, 1.54) is 0 Å². The summed E-state index contributed by atoms with van der Waals surface area (Å²) in [6.07, 6.45) is 0.117. The summed E-state index contributed by atoms with van der Waals surface area (Å²) in [4.78, 5) is 11.7. The molecule has 0 saturated carbocycles. The molecular formula is C24H21N3O3. The number of fused-ring (bicyclic) bond motifs is 3. The fourth-order valence-corrected chi connectivity index (χ4v) is 3.88. The highest BCUT2D eigenvalue weighted by Crippen LogP contribution is 2.41. The molecule has 1 amide bonds. The Balaban J connectivity index is 2.07. The fraction of sp³-hybridized carbons (Fsp3) is 0.167. The lowest BCUT2D eigenvalue weighted by Gasteiger charge is -2.10. The minimum atomic E-state index is -0.403. The average molecular weight is 399 g/mol. The molecule has 4 rings (SSSR count). The Morgan fingerprint density at radius 2 is 1.87 bits per heavy atom. The maximum Gasteiger partial charge on any atom is 0.221 e. The van der Waals surface area contributed by atoms with Crippen LogP contribution in [0.15, 0.2) is 60.7 Å². The topological polar surface area (TPSA) is 90.3 Å². The van der Waals surface area contributed by atoms with Crippen molar-refractivity contribution >= 4 is 27.7 Å². The molecule has 1 heterocycles. The number of nitriles is 1. The maximum atomic E-state index is 11.7. The third kappa shape index (κ3) is 3.53. The molecule has 0 fully saturated rings. The maximum absolute atomic E-state index is 11.7. The van der Waals surface area contributed by atoms with Crippen LogP contribution in [0.5, 0.6) is 11.5 Å². The SMILES string of the molecule is COc1cc(OCC#N)c2c3c(CC(N)=O)cccc3n(Cc3ccccc3)c2c1. The molecule has 3 aromatic carbocycles. The van der Waals surface area contributed by atoms with E-state index in [2.05, 4.69) is 16.7 Å². The van der Waals surface area contributed by atoms with Gasteiger partial charge in [0.2, 0.25) is 5.91 Å². The van der Waals surface area contributed by atoms with Crippen molar-refractivity contribution in [2.75, 3.05) is 13.7 Å². The smallest absolute Gasteiger partial charge is 0.221 e. The Morgan fingerprint density at radius 3 is 2.57 bits per heavy atom. The number of aromatic nitrogens is 1. The van der Waals surface area contributed by atoms with Gasteiger partial charge in [-0.15, -0.1) is 0 Å². The summed E-state index contributed by atoms with van der Waals surface area (Å²) < 4.78 is 13.4. The van der Waals surface area contributed by atoms with Gasteiger partial charge in [0.15, 0.2) is 6.61 Å². The van der Waals surface area contributed by atoms with Crippen LogP contribution < -0.4 is 15.2 Å². The summed E-state index contributed by atoms with van der Waals surface area (Å²) in [7, 11) is 1.60. The molecule has 6 heteroatoms. The molecule has 0 aliphatic rings. The number of nitrogens with two attached hydrogens (primary N) is 1. The lowest BCUT2D eigenvalue weighted by molar-refractivity contribution is -0.117. The number of ether oxygens (including phenoxy) is 2. The van der Waals surface area contributed by atoms with Crippen molar-refractivity contribution < 1.29 is 14.3 Å². The number of hydrogen-bond acceptors (Lipinski definition) is 4. The van der Waals surface area contributed by atoms with Crippen LogP contribution in [0.3, 0.4) is 0 Å². The van der Waals surface area contributed by atoms with E-state index < -0.39 is 5.91 Å². The summed E-state index contributed by atoms with van der Waals surface area (Å²) in [5.41, 5.74) is 9.34. The molecule has 0 spiro atoms. The van der Waals surface area contributed by atoms with E-state index in [-0.39, 0.29) is 13.0 Å². The lowest BCUT2D eigenvalue weighted by atomic mass is 10.0. The molecule has 0 atom stereocenters. The van der Waals surface area contributed by atoms with Crippen LogP contribution >= 0.6 is 0 Å². The van der Waals surface area contributed by atoms with E-state index in [0.29, 0.717) is 18.0 Å². The van der Waals surface area contributed by atoms with E-state index in [1.807, 2.05) is 48.5 Å². The number of rotatable bonds is 7. The second-order valence-corrected chi connectivity index (χ2v) is 6.99. The molecule has 0 aliphatic heterocycles. The first-order valence-electron chi connectivity index (χ1n) is 9.56. The Kier molecular flexibility index (Phi) is 5.27. The molecule has 0 radical (unpaired) electrons. The van der Waals surface area contributed by atoms with Gasteiger partial charge in [-0.25, -0.2) is 0 Å². The molecule has 6 nitrogen and oxygen atoms in total. The van der Waals surface area contributed by atoms with Crippen LogP contribution in [0.25, 0.3) is 21.8 Å². The molecule has 0 aliphatic carbocycles. The molecule has 1 aromatic heterocycles. The Hall–Kier alpha value is -3.98. The molecule has 0 bridgehead atoms. The fourth-order valence-electron chi connectivity index (χ4n) is 3.88. The van der Waals surface area contributed by atoms with Gasteiger partial charge in [-0.2, -0.15) is 5.26 Å². The van der Waals surface area contributed by atoms with Crippen molar-refractivity contribution in [1.29, 1.82) is 5.26 Å². The largest absolute Gasteiger partial charge is 0.497 e. The van der Waals surface area contributed by atoms with Crippen molar-refractivity contribution in [2.45, 2.75) is 13.0 Å². The van der Waals surface area contributed by atoms with E-state index in [1.54, 1.807) is 13.2 Å². The predicted molar refractivity (Wildman–Crippen MR) is 116 cm³/mol. The Morgan fingerprint density at radius 1 is 1.07 bits per heavy atom. The van der Waals surface area contributed by atoms with Crippen molar-refractivity contribution in [3.63, 3.8) is 0 Å². The van der Waals surface area contributed by atoms with Gasteiger partial charge < -0.3 is 19.8 Å². The molecule has 4 aromatic rings. The third-order valence-corrected chi connectivity index (χ3v) is 5.09. The molecule has 0 unspecified atom stereocenters. The van der Waals surface area contributed by atoms with Crippen LogP contribution in [0.2, 0.25) is 0 Å². The summed E-state index contributed by atoms with van der Waals surface area (Å²) in [5.74, 6) is 0.767. The first-order valence-corrected chi connectivity index (χ1v) is 9.56. The van der Waals surface area contributed by atoms with Crippen LogP contribution in [0.1, 0.15) is 11.1 Å². The van der Waals surface area contributed by atoms with Gasteiger partial charge in [-0.1, -0.05) is 42.5 Å². The highest BCUT2D eigenvalue weighted by Gasteiger charge is 2.20. The number of methoxy groups -OCH3 is 1. The zero-order valence-electron chi connectivity index (χ0n) is 16.6. The highest BCUT2D eigenvalue weighted by atomic mass is 16.5. The minimum absolute atomic E-state index is 0.0917. The monoisotopic (exact) mass is 399 g/mol. The predicted octanol–water partition coefficient (Wildman–Crippen LogP) is 3.78. The van der Waals surface area contributed by atoms with Gasteiger partial charge in [0, 0.05) is 29.6 Å². The Bertz CT molecular complexity index is 1270. The van der Waals surface area contributed by atoms with E-state index >= 15 is 0 Å². The third-order valence-electron chi connectivity index (χ3n) is 5.09. The standard InChI is InChI=1S/C24H21N3O3/c1-29-18-13-20-24(21(14-18)30-11-10-25)23-17(12-22(26)28)8-5-9-19(23)27(20)15-16-6-3-2-4-7-16/h2-9,13-14H,11-12,15H2,1H3,(H2,26,28). The second kappa shape index (κ2) is 8.18. The number of nitrogens with zero attached hydrogens (tertiary/aromatic N) is 2. The first-order chi connectivity index (χ1) is 14.6. The number of amides is 1. The van der Waals surface area contributed by atoms with Gasteiger partial charge in [-0.05, 0) is 17.2 Å². The summed E-state index contributed by atoms with van der Waals surface area (Å²) in [5, 5.41) is 10.8. The molecular weight excluding hydrogens is 378 g/mol. The number of carbonyl (C=O) groups is 1. The van der Waals surface area contributed by atoms with Crippen molar-refractivity contribution in [3.8, 4) is 17.6 Å². The summed E-state index contributed by atoms with van der Waals surface area (Å²) >= 11 is 0. The molecule has 2 N–H and O–H groups in total. The average Bonchev–Trinajstić information content (AvgIpc) is 3.07. The second-order valence-electron chi connectivity index (χ2n) is 6.99. The molecule has 0 saturated heterocycles. The number of carbonyl (C=O) groups excluding carboxylic acids is 1. The quantitative estimate of drug-likeness (QED) is 0.512. The lowest BCUT2D eigenvalue weighted by Crippen LogP contribution is -2.13. The van der Waals surface area contributed by atoms with Gasteiger partial charge >= 0.3 is 0 Å². The Labute approximate surface area is 174 Å². The van der Waals surface area contributed by atoms with Crippen molar-refractivity contribution in [2.24, 2.45) is 5.73 Å². The van der Waals surface area contributed by atoms with Crippen LogP contribution in [-0.4, -0.2) is 24.2 Å². The van der Waals surface area contributed by atoms with Crippen LogP contribution in [0, 0.1) is 11.3 Å². The van der Waals surface area contributed by atoms with Gasteiger partial charge in [0.1, 0.15) is 17.6 Å². The molecule has 30 heavy (non-hydrogen) atoms. The number of primary amides is 1. The summed E-state index contributed by atoms with van der Waals surface area (Å²) in [6.45, 7) is 0.539. The zero-order valence-corrected chi connectivity index (χ0v) is 16.6. The number of benzene rings is 3. The van der Waals surface area contributed by atoms with Gasteiger partial charge in [0.25, 0.3) is 0 Å². The van der Waals surface area contributed by atoms with Gasteiger partial charge in [-0.3, -0.25) is 4.79 Å². The van der Waals surface area contributed by atoms with E-state index in [0.717, 1.165) is 32.9 Å². The normalized spacial score (nSPS) is 10.8. The van der Waals surface area contributed by atoms with E-state index in [4.69, 9.17) is 20.5 Å². The minimum Gasteiger partial charge on any atom is -0.497 e.